The van der Waals surface area contributed by atoms with Gasteiger partial charge >= 0.3 is 0 Å². The molecular weight excluding hydrogens is 332 g/mol. The molecule has 2 aromatic carbocycles. The number of carbonyl (C=O) groups is 1. The van der Waals surface area contributed by atoms with Crippen LogP contribution in [0.5, 0.6) is 0 Å². The highest BCUT2D eigenvalue weighted by atomic mass is 16.2. The second-order valence-electron chi connectivity index (χ2n) is 5.60. The van der Waals surface area contributed by atoms with Crippen LogP contribution in [0.2, 0.25) is 0 Å². The first-order valence-electron chi connectivity index (χ1n) is 7.91. The predicted molar refractivity (Wildman–Crippen MR) is 96.0 cm³/mol. The Balaban J connectivity index is 1.59. The van der Waals surface area contributed by atoms with E-state index in [1.54, 1.807) is 41.5 Å². The normalized spacial score (nSPS) is 10.8. The Morgan fingerprint density at radius 3 is 2.69 bits per heavy atom. The second kappa shape index (κ2) is 6.60. The molecule has 0 saturated heterocycles. The van der Waals surface area contributed by atoms with Crippen molar-refractivity contribution >= 4 is 22.4 Å². The molecule has 0 spiro atoms. The SMILES string of the molecule is O=C(Cn1ncc2ccccc2c1=O)Nc1ccccc1-n1cncn1. The molecule has 0 bridgehead atoms. The van der Waals surface area contributed by atoms with Crippen LogP contribution in [0.25, 0.3) is 16.5 Å². The summed E-state index contributed by atoms with van der Waals surface area (Å²) in [6, 6.07) is 14.3. The lowest BCUT2D eigenvalue weighted by Crippen LogP contribution is -2.29. The van der Waals surface area contributed by atoms with Crippen LogP contribution in [0.15, 0.2) is 72.2 Å². The third kappa shape index (κ3) is 2.95. The molecule has 4 aromatic rings. The number of aromatic nitrogens is 5. The number of amides is 1. The Morgan fingerprint density at radius 1 is 1.04 bits per heavy atom. The molecular formula is C18H14N6O2. The first-order chi connectivity index (χ1) is 12.7. The van der Waals surface area contributed by atoms with Crippen LogP contribution in [0, 0.1) is 0 Å². The van der Waals surface area contributed by atoms with Gasteiger partial charge in [0.1, 0.15) is 19.2 Å². The maximum Gasteiger partial charge on any atom is 0.275 e. The zero-order valence-electron chi connectivity index (χ0n) is 13.6. The van der Waals surface area contributed by atoms with E-state index < -0.39 is 0 Å². The zero-order valence-corrected chi connectivity index (χ0v) is 13.6. The van der Waals surface area contributed by atoms with Gasteiger partial charge in [0.15, 0.2) is 0 Å². The second-order valence-corrected chi connectivity index (χ2v) is 5.60. The standard InChI is InChI=1S/C18H14N6O2/c25-17(10-23-18(26)14-6-2-1-5-13(14)9-20-23)22-15-7-3-4-8-16(15)24-12-19-11-21-24/h1-9,11-12H,10H2,(H,22,25). The summed E-state index contributed by atoms with van der Waals surface area (Å²) in [7, 11) is 0. The lowest BCUT2D eigenvalue weighted by Gasteiger charge is -2.11. The van der Waals surface area contributed by atoms with Crippen molar-refractivity contribution in [3.8, 4) is 5.69 Å². The monoisotopic (exact) mass is 346 g/mol. The van der Waals surface area contributed by atoms with Crippen LogP contribution in [0.3, 0.4) is 0 Å². The first kappa shape index (κ1) is 15.7. The topological polar surface area (TPSA) is 94.7 Å². The molecule has 8 nitrogen and oxygen atoms in total. The Morgan fingerprint density at radius 2 is 1.85 bits per heavy atom. The van der Waals surface area contributed by atoms with E-state index in [0.717, 1.165) is 10.1 Å². The van der Waals surface area contributed by atoms with Crippen LogP contribution in [0.1, 0.15) is 0 Å². The molecule has 26 heavy (non-hydrogen) atoms. The van der Waals surface area contributed by atoms with Gasteiger partial charge in [0.05, 0.1) is 23.0 Å². The van der Waals surface area contributed by atoms with E-state index in [-0.39, 0.29) is 18.0 Å². The number of anilines is 1. The minimum atomic E-state index is -0.359. The predicted octanol–water partition coefficient (Wildman–Crippen LogP) is 1.62. The third-order valence-electron chi connectivity index (χ3n) is 3.90. The molecule has 0 saturated carbocycles. The summed E-state index contributed by atoms with van der Waals surface area (Å²) in [5.74, 6) is -0.359. The summed E-state index contributed by atoms with van der Waals surface area (Å²) < 4.78 is 2.70. The highest BCUT2D eigenvalue weighted by molar-refractivity contribution is 5.92. The highest BCUT2D eigenvalue weighted by Gasteiger charge is 2.11. The molecule has 0 atom stereocenters. The molecule has 4 rings (SSSR count). The molecule has 0 unspecified atom stereocenters. The van der Waals surface area contributed by atoms with Crippen LogP contribution in [-0.4, -0.2) is 30.5 Å². The molecule has 2 heterocycles. The van der Waals surface area contributed by atoms with Crippen LogP contribution < -0.4 is 10.9 Å². The molecule has 0 aliphatic carbocycles. The molecule has 0 aliphatic heterocycles. The Bertz CT molecular complexity index is 1130. The van der Waals surface area contributed by atoms with Gasteiger partial charge in [-0.15, -0.1) is 0 Å². The maximum absolute atomic E-state index is 12.5. The van der Waals surface area contributed by atoms with Crippen molar-refractivity contribution in [2.24, 2.45) is 0 Å². The molecule has 0 aliphatic rings. The Hall–Kier alpha value is -3.81. The summed E-state index contributed by atoms with van der Waals surface area (Å²) in [6.07, 6.45) is 4.53. The van der Waals surface area contributed by atoms with Gasteiger partial charge in [0.2, 0.25) is 5.91 Å². The van der Waals surface area contributed by atoms with E-state index in [0.29, 0.717) is 16.8 Å². The minimum Gasteiger partial charge on any atom is -0.323 e. The van der Waals surface area contributed by atoms with Crippen molar-refractivity contribution in [3.05, 3.63) is 77.7 Å². The van der Waals surface area contributed by atoms with Gasteiger partial charge < -0.3 is 5.32 Å². The summed E-state index contributed by atoms with van der Waals surface area (Å²) >= 11 is 0. The van der Waals surface area contributed by atoms with Gasteiger partial charge in [-0.1, -0.05) is 30.3 Å². The van der Waals surface area contributed by atoms with Gasteiger partial charge in [-0.25, -0.2) is 14.3 Å². The Labute approximate surface area is 147 Å². The molecule has 1 N–H and O–H groups in total. The number of nitrogens with one attached hydrogen (secondary N) is 1. The fourth-order valence-electron chi connectivity index (χ4n) is 2.68. The number of hydrogen-bond acceptors (Lipinski definition) is 5. The van der Waals surface area contributed by atoms with Crippen molar-refractivity contribution in [1.82, 2.24) is 24.5 Å². The van der Waals surface area contributed by atoms with E-state index in [1.165, 1.54) is 6.33 Å². The first-order valence-corrected chi connectivity index (χ1v) is 7.91. The molecule has 2 aromatic heterocycles. The molecule has 8 heteroatoms. The van der Waals surface area contributed by atoms with Gasteiger partial charge in [-0.2, -0.15) is 10.2 Å². The number of fused-ring (bicyclic) bond motifs is 1. The average molecular weight is 346 g/mol. The lowest BCUT2D eigenvalue weighted by atomic mass is 10.2. The van der Waals surface area contributed by atoms with E-state index in [9.17, 15) is 9.59 Å². The van der Waals surface area contributed by atoms with Crippen molar-refractivity contribution in [2.45, 2.75) is 6.54 Å². The molecule has 0 radical (unpaired) electrons. The van der Waals surface area contributed by atoms with Crippen LogP contribution in [0.4, 0.5) is 5.69 Å². The van der Waals surface area contributed by atoms with Crippen molar-refractivity contribution in [1.29, 1.82) is 0 Å². The summed E-state index contributed by atoms with van der Waals surface area (Å²) in [4.78, 5) is 28.8. The smallest absolute Gasteiger partial charge is 0.275 e. The van der Waals surface area contributed by atoms with E-state index in [2.05, 4.69) is 20.5 Å². The largest absolute Gasteiger partial charge is 0.323 e. The van der Waals surface area contributed by atoms with Crippen molar-refractivity contribution in [3.63, 3.8) is 0 Å². The van der Waals surface area contributed by atoms with Crippen molar-refractivity contribution in [2.75, 3.05) is 5.32 Å². The number of carbonyl (C=O) groups excluding carboxylic acids is 1. The lowest BCUT2D eigenvalue weighted by molar-refractivity contribution is -0.117. The van der Waals surface area contributed by atoms with Crippen molar-refractivity contribution < 1.29 is 4.79 Å². The van der Waals surface area contributed by atoms with Gasteiger partial charge in [0, 0.05) is 5.39 Å². The van der Waals surface area contributed by atoms with E-state index >= 15 is 0 Å². The quantitative estimate of drug-likeness (QED) is 0.606. The van der Waals surface area contributed by atoms with E-state index in [4.69, 9.17) is 0 Å². The number of benzene rings is 2. The summed E-state index contributed by atoms with van der Waals surface area (Å²) in [5, 5.41) is 12.2. The number of hydrogen-bond donors (Lipinski definition) is 1. The zero-order chi connectivity index (χ0) is 17.9. The van der Waals surface area contributed by atoms with E-state index in [1.807, 2.05) is 24.3 Å². The highest BCUT2D eigenvalue weighted by Crippen LogP contribution is 2.18. The third-order valence-corrected chi connectivity index (χ3v) is 3.90. The molecule has 1 amide bonds. The van der Waals surface area contributed by atoms with Crippen LogP contribution >= 0.6 is 0 Å². The summed E-state index contributed by atoms with van der Waals surface area (Å²) in [6.45, 7) is -0.185. The molecule has 0 fully saturated rings. The number of nitrogens with zero attached hydrogens (tertiary/aromatic N) is 5. The van der Waals surface area contributed by atoms with Gasteiger partial charge in [0.25, 0.3) is 5.56 Å². The Kier molecular flexibility index (Phi) is 3.98. The average Bonchev–Trinajstić information content (AvgIpc) is 3.19. The summed E-state index contributed by atoms with van der Waals surface area (Å²) in [5.41, 5.74) is 0.941. The van der Waals surface area contributed by atoms with Gasteiger partial charge in [-0.3, -0.25) is 9.59 Å². The maximum atomic E-state index is 12.5. The number of para-hydroxylation sites is 2. The van der Waals surface area contributed by atoms with Gasteiger partial charge in [-0.05, 0) is 18.2 Å². The fourth-order valence-corrected chi connectivity index (χ4v) is 2.68. The molecule has 128 valence electrons. The number of rotatable bonds is 4. The van der Waals surface area contributed by atoms with Crippen LogP contribution in [-0.2, 0) is 11.3 Å². The minimum absolute atomic E-state index is 0.185. The fraction of sp³-hybridized carbons (Fsp3) is 0.0556.